The highest BCUT2D eigenvalue weighted by Gasteiger charge is 2.17. The van der Waals surface area contributed by atoms with Gasteiger partial charge in [0.15, 0.2) is 0 Å². The molecule has 0 heterocycles. The fourth-order valence-electron chi connectivity index (χ4n) is 2.99. The molecule has 18 heavy (non-hydrogen) atoms. The first kappa shape index (κ1) is 18.0. The number of hydrogen-bond acceptors (Lipinski definition) is 1. The Kier molecular flexibility index (Phi) is 12.0. The summed E-state index contributed by atoms with van der Waals surface area (Å²) >= 11 is 0. The molecule has 0 aliphatic rings. The molecule has 0 aromatic carbocycles. The van der Waals surface area contributed by atoms with Crippen LogP contribution in [0.15, 0.2) is 0 Å². The summed E-state index contributed by atoms with van der Waals surface area (Å²) < 4.78 is 0. The Morgan fingerprint density at radius 1 is 0.778 bits per heavy atom. The van der Waals surface area contributed by atoms with E-state index in [2.05, 4.69) is 39.5 Å². The lowest BCUT2D eigenvalue weighted by atomic mass is 10.0. The predicted octanol–water partition coefficient (Wildman–Crippen LogP) is 5.64. The van der Waals surface area contributed by atoms with E-state index in [1.54, 1.807) is 0 Å². The monoisotopic (exact) mass is 255 g/mol. The van der Waals surface area contributed by atoms with E-state index >= 15 is 0 Å². The molecule has 0 saturated heterocycles. The van der Waals surface area contributed by atoms with Gasteiger partial charge in [-0.1, -0.05) is 65.7 Å². The summed E-state index contributed by atoms with van der Waals surface area (Å²) in [7, 11) is 0. The lowest BCUT2D eigenvalue weighted by Gasteiger charge is -2.33. The van der Waals surface area contributed by atoms with E-state index in [1.165, 1.54) is 64.3 Å². The van der Waals surface area contributed by atoms with Crippen molar-refractivity contribution in [3.05, 3.63) is 0 Å². The Morgan fingerprint density at radius 2 is 1.33 bits per heavy atom. The Balaban J connectivity index is 3.67. The second-order valence-corrected chi connectivity index (χ2v) is 5.90. The van der Waals surface area contributed by atoms with Crippen LogP contribution in [0.2, 0.25) is 0 Å². The van der Waals surface area contributed by atoms with Crippen LogP contribution >= 0.6 is 0 Å². The van der Waals surface area contributed by atoms with Gasteiger partial charge in [-0.3, -0.25) is 4.90 Å². The first-order valence-electron chi connectivity index (χ1n) is 8.43. The number of rotatable bonds is 12. The van der Waals surface area contributed by atoms with Crippen molar-refractivity contribution in [2.45, 2.75) is 104 Å². The van der Waals surface area contributed by atoms with E-state index < -0.39 is 0 Å². The summed E-state index contributed by atoms with van der Waals surface area (Å²) in [4.78, 5) is 2.66. The van der Waals surface area contributed by atoms with Crippen LogP contribution in [0.1, 0.15) is 92.4 Å². The molecular weight excluding hydrogens is 218 g/mol. The normalized spacial score (nSPS) is 13.5. The molecule has 1 atom stereocenters. The minimum atomic E-state index is 0.699. The second-order valence-electron chi connectivity index (χ2n) is 5.90. The molecule has 110 valence electrons. The predicted molar refractivity (Wildman–Crippen MR) is 84.2 cm³/mol. The number of hydrogen-bond donors (Lipinski definition) is 0. The molecule has 0 saturated carbocycles. The van der Waals surface area contributed by atoms with Crippen LogP contribution in [0.4, 0.5) is 0 Å². The molecule has 0 bridgehead atoms. The molecule has 0 fully saturated rings. The average Bonchev–Trinajstić information content (AvgIpc) is 2.35. The minimum absolute atomic E-state index is 0.699. The highest BCUT2D eigenvalue weighted by atomic mass is 15.2. The summed E-state index contributed by atoms with van der Waals surface area (Å²) in [6.07, 6.45) is 12.7. The Hall–Kier alpha value is -0.0400. The third-order valence-electron chi connectivity index (χ3n) is 4.11. The van der Waals surface area contributed by atoms with Crippen LogP contribution in [0.3, 0.4) is 0 Å². The second kappa shape index (κ2) is 12.0. The van der Waals surface area contributed by atoms with Crippen LogP contribution in [0, 0.1) is 0 Å². The van der Waals surface area contributed by atoms with Gasteiger partial charge in [0.05, 0.1) is 0 Å². The van der Waals surface area contributed by atoms with Crippen molar-refractivity contribution in [3.63, 3.8) is 0 Å². The highest BCUT2D eigenvalue weighted by Crippen LogP contribution is 2.17. The maximum absolute atomic E-state index is 2.66. The minimum Gasteiger partial charge on any atom is -0.298 e. The summed E-state index contributed by atoms with van der Waals surface area (Å²) in [5, 5.41) is 0. The topological polar surface area (TPSA) is 3.24 Å². The van der Waals surface area contributed by atoms with E-state index in [1.807, 2.05) is 0 Å². The van der Waals surface area contributed by atoms with Crippen LogP contribution < -0.4 is 0 Å². The quantitative estimate of drug-likeness (QED) is 0.408. The first-order valence-corrected chi connectivity index (χ1v) is 8.43. The molecule has 0 aliphatic carbocycles. The van der Waals surface area contributed by atoms with Crippen LogP contribution in [-0.2, 0) is 0 Å². The van der Waals surface area contributed by atoms with E-state index in [0.29, 0.717) is 6.04 Å². The Bertz CT molecular complexity index is 165. The van der Waals surface area contributed by atoms with E-state index in [4.69, 9.17) is 0 Å². The molecule has 0 rings (SSSR count). The standard InChI is InChI=1S/C17H37N/c1-6-9-10-11-12-13-14-15-17(7-2)18(8-3)16(4)5/h16-17H,6-15H2,1-5H3. The summed E-state index contributed by atoms with van der Waals surface area (Å²) in [5.74, 6) is 0. The molecule has 0 aromatic rings. The Labute approximate surface area is 116 Å². The van der Waals surface area contributed by atoms with Crippen molar-refractivity contribution in [2.75, 3.05) is 6.54 Å². The summed E-state index contributed by atoms with van der Waals surface area (Å²) in [6, 6.07) is 1.51. The summed E-state index contributed by atoms with van der Waals surface area (Å²) in [5.41, 5.74) is 0. The van der Waals surface area contributed by atoms with Gasteiger partial charge in [-0.2, -0.15) is 0 Å². The summed E-state index contributed by atoms with van der Waals surface area (Å²) in [6.45, 7) is 12.8. The van der Waals surface area contributed by atoms with Gasteiger partial charge in [0, 0.05) is 12.1 Å². The molecule has 0 aromatic heterocycles. The lowest BCUT2D eigenvalue weighted by molar-refractivity contribution is 0.146. The number of unbranched alkanes of at least 4 members (excludes halogenated alkanes) is 6. The zero-order valence-corrected chi connectivity index (χ0v) is 13.7. The van der Waals surface area contributed by atoms with E-state index in [9.17, 15) is 0 Å². The van der Waals surface area contributed by atoms with Crippen LogP contribution in [0.5, 0.6) is 0 Å². The first-order chi connectivity index (χ1) is 8.67. The largest absolute Gasteiger partial charge is 0.298 e. The van der Waals surface area contributed by atoms with Gasteiger partial charge in [0.1, 0.15) is 0 Å². The molecule has 1 heteroatoms. The maximum Gasteiger partial charge on any atom is 0.00952 e. The van der Waals surface area contributed by atoms with Gasteiger partial charge >= 0.3 is 0 Å². The van der Waals surface area contributed by atoms with Crippen molar-refractivity contribution >= 4 is 0 Å². The van der Waals surface area contributed by atoms with Gasteiger partial charge in [-0.05, 0) is 33.2 Å². The highest BCUT2D eigenvalue weighted by molar-refractivity contribution is 4.72. The van der Waals surface area contributed by atoms with Gasteiger partial charge in [0.25, 0.3) is 0 Å². The molecule has 0 radical (unpaired) electrons. The van der Waals surface area contributed by atoms with Gasteiger partial charge in [-0.15, -0.1) is 0 Å². The molecule has 1 unspecified atom stereocenters. The SMILES string of the molecule is CCCCCCCCCC(CC)N(CC)C(C)C. The Morgan fingerprint density at radius 3 is 1.78 bits per heavy atom. The van der Waals surface area contributed by atoms with Crippen molar-refractivity contribution in [1.29, 1.82) is 0 Å². The fraction of sp³-hybridized carbons (Fsp3) is 1.00. The van der Waals surface area contributed by atoms with E-state index in [-0.39, 0.29) is 0 Å². The molecule has 0 aliphatic heterocycles. The zero-order chi connectivity index (χ0) is 13.8. The number of nitrogens with zero attached hydrogens (tertiary/aromatic N) is 1. The maximum atomic E-state index is 2.66. The van der Waals surface area contributed by atoms with E-state index in [0.717, 1.165) is 6.04 Å². The average molecular weight is 255 g/mol. The van der Waals surface area contributed by atoms with Crippen LogP contribution in [-0.4, -0.2) is 23.5 Å². The van der Waals surface area contributed by atoms with Crippen molar-refractivity contribution in [3.8, 4) is 0 Å². The third kappa shape index (κ3) is 8.13. The molecule has 0 spiro atoms. The molecule has 1 nitrogen and oxygen atoms in total. The van der Waals surface area contributed by atoms with Crippen LogP contribution in [0.25, 0.3) is 0 Å². The molecule has 0 amide bonds. The molecule has 0 N–H and O–H groups in total. The zero-order valence-electron chi connectivity index (χ0n) is 13.7. The van der Waals surface area contributed by atoms with Crippen molar-refractivity contribution in [2.24, 2.45) is 0 Å². The third-order valence-corrected chi connectivity index (χ3v) is 4.11. The van der Waals surface area contributed by atoms with Gasteiger partial charge in [-0.25, -0.2) is 0 Å². The fourth-order valence-corrected chi connectivity index (χ4v) is 2.99. The smallest absolute Gasteiger partial charge is 0.00952 e. The van der Waals surface area contributed by atoms with Crippen molar-refractivity contribution in [1.82, 2.24) is 4.90 Å². The van der Waals surface area contributed by atoms with Crippen molar-refractivity contribution < 1.29 is 0 Å². The molecular formula is C17H37N. The lowest BCUT2D eigenvalue weighted by Crippen LogP contribution is -2.39. The van der Waals surface area contributed by atoms with Gasteiger partial charge in [0.2, 0.25) is 0 Å². The van der Waals surface area contributed by atoms with Gasteiger partial charge < -0.3 is 0 Å².